The molecule has 0 aromatic heterocycles. The molecular weight excluding hydrogens is 364 g/mol. The first-order valence-corrected chi connectivity index (χ1v) is 10.4. The number of allylic oxidation sites excluding steroid dienone is 2. The van der Waals surface area contributed by atoms with Crippen molar-refractivity contribution >= 4 is 34.2 Å². The lowest BCUT2D eigenvalue weighted by Crippen LogP contribution is -2.40. The van der Waals surface area contributed by atoms with Gasteiger partial charge in [0.2, 0.25) is 17.7 Å². The van der Waals surface area contributed by atoms with Crippen molar-refractivity contribution in [3.63, 3.8) is 0 Å². The van der Waals surface area contributed by atoms with Crippen LogP contribution in [0.3, 0.4) is 0 Å². The van der Waals surface area contributed by atoms with E-state index in [0.717, 1.165) is 22.9 Å². The topological polar surface area (TPSA) is 66.5 Å². The molecule has 0 spiro atoms. The summed E-state index contributed by atoms with van der Waals surface area (Å²) in [5.74, 6) is 0.938. The van der Waals surface area contributed by atoms with Gasteiger partial charge in [-0.25, -0.2) is 0 Å². The van der Waals surface area contributed by atoms with E-state index < -0.39 is 0 Å². The molecule has 5 nitrogen and oxygen atoms in total. The quantitative estimate of drug-likeness (QED) is 0.648. The van der Waals surface area contributed by atoms with Gasteiger partial charge in [0.15, 0.2) is 0 Å². The summed E-state index contributed by atoms with van der Waals surface area (Å²) in [5.41, 5.74) is 0.753. The lowest BCUT2D eigenvalue weighted by atomic mass is 9.63. The number of rotatable bonds is 4. The van der Waals surface area contributed by atoms with Crippen LogP contribution >= 0.6 is 0 Å². The molecule has 0 radical (unpaired) electrons. The maximum atomic E-state index is 13.0. The summed E-state index contributed by atoms with van der Waals surface area (Å²) >= 11 is 0. The van der Waals surface area contributed by atoms with E-state index in [9.17, 15) is 14.4 Å². The third-order valence-corrected chi connectivity index (χ3v) is 7.38. The Morgan fingerprint density at radius 2 is 1.59 bits per heavy atom. The van der Waals surface area contributed by atoms with Crippen LogP contribution in [0, 0.1) is 35.5 Å². The van der Waals surface area contributed by atoms with Crippen molar-refractivity contribution in [3.8, 4) is 0 Å². The number of hydrogen-bond acceptors (Lipinski definition) is 3. The van der Waals surface area contributed by atoms with Gasteiger partial charge in [-0.05, 0) is 41.5 Å². The Balaban J connectivity index is 1.15. The minimum absolute atomic E-state index is 0.0670. The predicted molar refractivity (Wildman–Crippen MR) is 109 cm³/mol. The maximum absolute atomic E-state index is 13.0. The molecule has 1 saturated heterocycles. The van der Waals surface area contributed by atoms with Crippen LogP contribution in [-0.2, 0) is 14.4 Å². The first-order valence-electron chi connectivity index (χ1n) is 10.4. The molecule has 146 valence electrons. The van der Waals surface area contributed by atoms with Crippen molar-refractivity contribution in [1.82, 2.24) is 4.90 Å². The molecule has 4 aliphatic carbocycles. The fourth-order valence-corrected chi connectivity index (χ4v) is 6.00. The Kier molecular flexibility index (Phi) is 3.52. The smallest absolute Gasteiger partial charge is 0.233 e. The number of carbonyl (C=O) groups is 3. The molecule has 2 bridgehead atoms. The van der Waals surface area contributed by atoms with E-state index in [-0.39, 0.29) is 54.4 Å². The first-order chi connectivity index (χ1) is 14.1. The number of likely N-dealkylation sites (tertiary alicyclic amines) is 1. The van der Waals surface area contributed by atoms with Crippen molar-refractivity contribution in [2.45, 2.75) is 12.8 Å². The van der Waals surface area contributed by atoms with Crippen LogP contribution in [0.15, 0.2) is 54.6 Å². The van der Waals surface area contributed by atoms with Crippen LogP contribution in [0.1, 0.15) is 12.8 Å². The summed E-state index contributed by atoms with van der Waals surface area (Å²) < 4.78 is 0. The summed E-state index contributed by atoms with van der Waals surface area (Å²) in [6.07, 6.45) is 5.61. The molecule has 3 fully saturated rings. The fraction of sp³-hybridized carbons (Fsp3) is 0.375. The van der Waals surface area contributed by atoms with E-state index in [4.69, 9.17) is 0 Å². The molecule has 2 aromatic carbocycles. The molecule has 1 aliphatic heterocycles. The highest BCUT2D eigenvalue weighted by Gasteiger charge is 2.66. The Morgan fingerprint density at radius 1 is 0.931 bits per heavy atom. The van der Waals surface area contributed by atoms with Gasteiger partial charge >= 0.3 is 0 Å². The van der Waals surface area contributed by atoms with Crippen molar-refractivity contribution in [2.75, 3.05) is 11.9 Å². The molecule has 29 heavy (non-hydrogen) atoms. The zero-order valence-corrected chi connectivity index (χ0v) is 16.0. The average Bonchev–Trinajstić information content (AvgIpc) is 3.52. The Morgan fingerprint density at radius 3 is 2.31 bits per heavy atom. The number of hydrogen-bond donors (Lipinski definition) is 1. The van der Waals surface area contributed by atoms with Crippen LogP contribution in [0.4, 0.5) is 5.69 Å². The van der Waals surface area contributed by atoms with Gasteiger partial charge in [-0.15, -0.1) is 0 Å². The lowest BCUT2D eigenvalue weighted by Gasteiger charge is -2.37. The van der Waals surface area contributed by atoms with Gasteiger partial charge < -0.3 is 5.32 Å². The van der Waals surface area contributed by atoms with Crippen LogP contribution in [0.25, 0.3) is 10.8 Å². The van der Waals surface area contributed by atoms with Crippen LogP contribution in [0.5, 0.6) is 0 Å². The molecule has 7 rings (SSSR count). The van der Waals surface area contributed by atoms with Gasteiger partial charge in [-0.1, -0.05) is 48.6 Å². The van der Waals surface area contributed by atoms with E-state index in [0.29, 0.717) is 11.8 Å². The maximum Gasteiger partial charge on any atom is 0.233 e. The summed E-state index contributed by atoms with van der Waals surface area (Å²) in [5, 5.41) is 4.98. The van der Waals surface area contributed by atoms with Crippen molar-refractivity contribution in [3.05, 3.63) is 54.6 Å². The minimum Gasteiger partial charge on any atom is -0.325 e. The number of nitrogens with one attached hydrogen (secondary N) is 1. The lowest BCUT2D eigenvalue weighted by molar-refractivity contribution is -0.140. The number of fused-ring (bicyclic) bond motifs is 1. The molecule has 5 heteroatoms. The van der Waals surface area contributed by atoms with Gasteiger partial charge in [-0.3, -0.25) is 19.3 Å². The van der Waals surface area contributed by atoms with Crippen molar-refractivity contribution < 1.29 is 14.4 Å². The van der Waals surface area contributed by atoms with Gasteiger partial charge in [0.1, 0.15) is 0 Å². The summed E-state index contributed by atoms with van der Waals surface area (Å²) in [7, 11) is 0. The van der Waals surface area contributed by atoms with E-state index >= 15 is 0 Å². The molecule has 1 heterocycles. The Labute approximate surface area is 168 Å². The normalized spacial score (nSPS) is 33.7. The van der Waals surface area contributed by atoms with Crippen LogP contribution < -0.4 is 5.32 Å². The summed E-state index contributed by atoms with van der Waals surface area (Å²) in [6, 6.07) is 13.7. The number of benzene rings is 2. The van der Waals surface area contributed by atoms with Gasteiger partial charge in [-0.2, -0.15) is 0 Å². The minimum atomic E-state index is -0.192. The first kappa shape index (κ1) is 17.0. The Bertz CT molecular complexity index is 1050. The SMILES string of the molecule is O=C(CCN1C(=O)[C@H]2[C@@H]3C=C[C@H]([C@H]4C[C@H]34)[C@@H]2C1=O)Nc1cccc2ccccc12. The van der Waals surface area contributed by atoms with Crippen molar-refractivity contribution in [1.29, 1.82) is 0 Å². The van der Waals surface area contributed by atoms with Gasteiger partial charge in [0, 0.05) is 24.0 Å². The third kappa shape index (κ3) is 2.43. The van der Waals surface area contributed by atoms with E-state index in [1.165, 1.54) is 4.90 Å². The van der Waals surface area contributed by atoms with Gasteiger partial charge in [0.25, 0.3) is 0 Å². The monoisotopic (exact) mass is 386 g/mol. The molecule has 5 aliphatic rings. The van der Waals surface area contributed by atoms with E-state index in [2.05, 4.69) is 17.5 Å². The zero-order chi connectivity index (χ0) is 19.7. The second kappa shape index (κ2) is 6.02. The highest BCUT2D eigenvalue weighted by Crippen LogP contribution is 2.65. The average molecular weight is 386 g/mol. The number of nitrogens with zero attached hydrogens (tertiary/aromatic N) is 1. The third-order valence-electron chi connectivity index (χ3n) is 7.38. The number of imide groups is 1. The van der Waals surface area contributed by atoms with E-state index in [1.54, 1.807) is 0 Å². The Hall–Kier alpha value is -2.95. The molecule has 6 atom stereocenters. The van der Waals surface area contributed by atoms with Gasteiger partial charge in [0.05, 0.1) is 11.8 Å². The highest BCUT2D eigenvalue weighted by atomic mass is 16.2. The molecular formula is C24H22N2O3. The van der Waals surface area contributed by atoms with Crippen LogP contribution in [-0.4, -0.2) is 29.2 Å². The fourth-order valence-electron chi connectivity index (χ4n) is 6.00. The number of anilines is 1. The summed E-state index contributed by atoms with van der Waals surface area (Å²) in [4.78, 5) is 39.9. The standard InChI is InChI=1S/C24H22N2O3/c27-20(25-19-7-3-5-13-4-1-2-6-14(13)19)10-11-26-23(28)21-15-8-9-16(18-12-17(15)18)22(21)24(26)29/h1-9,15-18,21-22H,10-12H2,(H,25,27)/t15-,16-,17-,18-,21+,22+/m1/s1. The molecule has 2 aromatic rings. The molecule has 1 N–H and O–H groups in total. The van der Waals surface area contributed by atoms with Crippen LogP contribution in [0.2, 0.25) is 0 Å². The molecule has 0 unspecified atom stereocenters. The highest BCUT2D eigenvalue weighted by molar-refractivity contribution is 6.07. The number of carbonyl (C=O) groups excluding carboxylic acids is 3. The van der Waals surface area contributed by atoms with E-state index in [1.807, 2.05) is 42.5 Å². The predicted octanol–water partition coefficient (Wildman–Crippen LogP) is 3.22. The second-order valence-corrected chi connectivity index (χ2v) is 8.81. The zero-order valence-electron chi connectivity index (χ0n) is 16.0. The largest absolute Gasteiger partial charge is 0.325 e. The van der Waals surface area contributed by atoms with Crippen molar-refractivity contribution in [2.24, 2.45) is 35.5 Å². The summed E-state index contributed by atoms with van der Waals surface area (Å²) in [6.45, 7) is 0.163. The second-order valence-electron chi connectivity index (χ2n) is 8.81. The molecule has 2 saturated carbocycles. The molecule has 3 amide bonds. The number of amides is 3.